The molecule has 1 aliphatic heterocycles. The molecule has 2 fully saturated rings. The van der Waals surface area contributed by atoms with Crippen LogP contribution in [-0.4, -0.2) is 48.4 Å². The summed E-state index contributed by atoms with van der Waals surface area (Å²) < 4.78 is 0. The van der Waals surface area contributed by atoms with Crippen molar-refractivity contribution >= 4 is 34.2 Å². The van der Waals surface area contributed by atoms with Crippen LogP contribution < -0.4 is 10.6 Å². The Kier molecular flexibility index (Phi) is 10.3. The molecule has 6 heteroatoms. The fraction of sp³-hybridized carbons (Fsp3) is 0.486. The van der Waals surface area contributed by atoms with Gasteiger partial charge in [-0.05, 0) is 72.2 Å². The van der Waals surface area contributed by atoms with Crippen molar-refractivity contribution in [2.75, 3.05) is 19.6 Å². The van der Waals surface area contributed by atoms with Crippen LogP contribution in [0.5, 0.6) is 0 Å². The van der Waals surface area contributed by atoms with Crippen LogP contribution in [0.1, 0.15) is 86.6 Å². The first kappa shape index (κ1) is 29.6. The average Bonchev–Trinajstić information content (AvgIpc) is 3.16. The molecule has 41 heavy (non-hydrogen) atoms. The second kappa shape index (κ2) is 14.3. The minimum Gasteiger partial charge on any atom is -0.350 e. The van der Waals surface area contributed by atoms with Crippen LogP contribution in [0.2, 0.25) is 5.02 Å². The molecule has 3 atom stereocenters. The van der Waals surface area contributed by atoms with Crippen LogP contribution >= 0.6 is 11.6 Å². The Labute approximate surface area is 250 Å². The molecule has 2 aliphatic rings. The second-order valence-corrected chi connectivity index (χ2v) is 12.4. The summed E-state index contributed by atoms with van der Waals surface area (Å²) in [5.41, 5.74) is 1.92. The van der Waals surface area contributed by atoms with Gasteiger partial charge in [0.05, 0.1) is 6.04 Å². The van der Waals surface area contributed by atoms with Crippen LogP contribution in [0.4, 0.5) is 0 Å². The van der Waals surface area contributed by atoms with Crippen molar-refractivity contribution in [3.05, 3.63) is 82.9 Å². The van der Waals surface area contributed by atoms with Crippen molar-refractivity contribution in [3.8, 4) is 0 Å². The van der Waals surface area contributed by atoms with Gasteiger partial charge in [0, 0.05) is 42.2 Å². The van der Waals surface area contributed by atoms with Gasteiger partial charge in [0.1, 0.15) is 0 Å². The fourth-order valence-electron chi connectivity index (χ4n) is 6.65. The van der Waals surface area contributed by atoms with E-state index in [1.807, 2.05) is 42.5 Å². The van der Waals surface area contributed by atoms with Crippen LogP contribution in [0, 0.1) is 5.92 Å². The highest BCUT2D eigenvalue weighted by atomic mass is 35.5. The Morgan fingerprint density at radius 1 is 0.976 bits per heavy atom. The van der Waals surface area contributed by atoms with Crippen LogP contribution in [0.25, 0.3) is 10.8 Å². The van der Waals surface area contributed by atoms with Gasteiger partial charge in [0.2, 0.25) is 5.91 Å². The smallest absolute Gasteiger partial charge is 0.251 e. The molecular formula is C35H44ClN3O2. The monoisotopic (exact) mass is 573 g/mol. The average molecular weight is 574 g/mol. The zero-order valence-corrected chi connectivity index (χ0v) is 25.0. The van der Waals surface area contributed by atoms with Gasteiger partial charge in [-0.3, -0.25) is 9.59 Å². The maximum atomic E-state index is 13.9. The predicted molar refractivity (Wildman–Crippen MR) is 168 cm³/mol. The second-order valence-electron chi connectivity index (χ2n) is 12.0. The zero-order valence-electron chi connectivity index (χ0n) is 24.3. The van der Waals surface area contributed by atoms with Crippen molar-refractivity contribution in [2.24, 2.45) is 5.92 Å². The summed E-state index contributed by atoms with van der Waals surface area (Å²) in [5.74, 6) is 1.17. The molecule has 2 N–H and O–H groups in total. The molecule has 3 aromatic carbocycles. The first-order chi connectivity index (χ1) is 20.0. The van der Waals surface area contributed by atoms with Crippen molar-refractivity contribution in [1.82, 2.24) is 15.5 Å². The number of hydrogen-bond acceptors (Lipinski definition) is 3. The summed E-state index contributed by atoms with van der Waals surface area (Å²) in [5, 5.41) is 9.52. The first-order valence-electron chi connectivity index (χ1n) is 15.6. The molecule has 2 amide bonds. The maximum Gasteiger partial charge on any atom is 0.251 e. The van der Waals surface area contributed by atoms with Crippen molar-refractivity contribution in [1.29, 1.82) is 0 Å². The van der Waals surface area contributed by atoms with Gasteiger partial charge in [-0.2, -0.15) is 0 Å². The van der Waals surface area contributed by atoms with E-state index in [0.717, 1.165) is 48.9 Å². The molecule has 5 nitrogen and oxygen atoms in total. The highest BCUT2D eigenvalue weighted by Crippen LogP contribution is 2.29. The van der Waals surface area contributed by atoms with Gasteiger partial charge in [-0.15, -0.1) is 0 Å². The maximum absolute atomic E-state index is 13.9. The van der Waals surface area contributed by atoms with Gasteiger partial charge < -0.3 is 15.5 Å². The topological polar surface area (TPSA) is 61.4 Å². The third-order valence-corrected chi connectivity index (χ3v) is 9.40. The Morgan fingerprint density at radius 3 is 2.51 bits per heavy atom. The minimum absolute atomic E-state index is 0.0420. The summed E-state index contributed by atoms with van der Waals surface area (Å²) in [6, 6.07) is 21.8. The van der Waals surface area contributed by atoms with Crippen molar-refractivity contribution in [3.63, 3.8) is 0 Å². The van der Waals surface area contributed by atoms with Crippen LogP contribution in [0.15, 0.2) is 66.7 Å². The largest absolute Gasteiger partial charge is 0.350 e. The lowest BCUT2D eigenvalue weighted by Gasteiger charge is -2.29. The van der Waals surface area contributed by atoms with Gasteiger partial charge in [-0.25, -0.2) is 0 Å². The Bertz CT molecular complexity index is 1310. The molecule has 0 bridgehead atoms. The van der Waals surface area contributed by atoms with E-state index >= 15 is 0 Å². The summed E-state index contributed by atoms with van der Waals surface area (Å²) in [6.45, 7) is 4.14. The van der Waals surface area contributed by atoms with Gasteiger partial charge >= 0.3 is 0 Å². The molecule has 1 saturated carbocycles. The molecule has 1 saturated heterocycles. The van der Waals surface area contributed by atoms with E-state index in [2.05, 4.69) is 46.7 Å². The van der Waals surface area contributed by atoms with Gasteiger partial charge in [0.25, 0.3) is 5.91 Å². The highest BCUT2D eigenvalue weighted by Gasteiger charge is 2.32. The molecule has 0 spiro atoms. The van der Waals surface area contributed by atoms with Crippen LogP contribution in [-0.2, 0) is 4.79 Å². The molecule has 1 unspecified atom stereocenters. The Balaban J connectivity index is 1.26. The molecule has 1 aliphatic carbocycles. The number of amides is 2. The number of nitrogens with one attached hydrogen (secondary N) is 2. The van der Waals surface area contributed by atoms with E-state index < -0.39 is 0 Å². The zero-order chi connectivity index (χ0) is 28.6. The van der Waals surface area contributed by atoms with Gasteiger partial charge in [0.15, 0.2) is 0 Å². The summed E-state index contributed by atoms with van der Waals surface area (Å²) >= 11 is 6.12. The molecule has 5 rings (SSSR count). The number of carbonyl (C=O) groups excluding carboxylic acids is 2. The van der Waals surface area contributed by atoms with Crippen molar-refractivity contribution in [2.45, 2.75) is 82.7 Å². The standard InChI is InChI=1S/C35H44ClN3O2/c1-2-26(27-11-7-4-8-12-27)24-39-20-19-32(38-33(35(39)41)18-13-25-9-5-3-6-10-25)23-37-34(40)30-15-14-29-22-31(36)17-16-28(29)21-30/h4,7-8,11-12,14-17,21-22,25-26,32-33,38H,2-3,5-6,9-10,13,18-20,23-24H2,1H3,(H,37,40)/t26?,32-,33-/m0/s1. The molecule has 0 radical (unpaired) electrons. The highest BCUT2D eigenvalue weighted by molar-refractivity contribution is 6.31. The number of halogens is 1. The lowest BCUT2D eigenvalue weighted by atomic mass is 9.85. The summed E-state index contributed by atoms with van der Waals surface area (Å²) in [6.07, 6.45) is 10.3. The van der Waals surface area contributed by atoms with E-state index in [4.69, 9.17) is 11.6 Å². The molecule has 3 aromatic rings. The normalized spacial score (nSPS) is 21.0. The molecule has 1 heterocycles. The minimum atomic E-state index is -0.208. The molecule has 0 aromatic heterocycles. The fourth-order valence-corrected chi connectivity index (χ4v) is 6.83. The summed E-state index contributed by atoms with van der Waals surface area (Å²) in [4.78, 5) is 29.1. The van der Waals surface area contributed by atoms with E-state index in [0.29, 0.717) is 29.6 Å². The van der Waals surface area contributed by atoms with E-state index in [1.54, 1.807) is 0 Å². The molecule has 218 valence electrons. The third kappa shape index (κ3) is 7.90. The van der Waals surface area contributed by atoms with E-state index in [-0.39, 0.29) is 23.9 Å². The third-order valence-electron chi connectivity index (χ3n) is 9.16. The number of carbonyl (C=O) groups is 2. The van der Waals surface area contributed by atoms with Gasteiger partial charge in [-0.1, -0.05) is 93.1 Å². The van der Waals surface area contributed by atoms with Crippen molar-refractivity contribution < 1.29 is 9.59 Å². The number of benzene rings is 3. The Morgan fingerprint density at radius 2 is 1.73 bits per heavy atom. The number of hydrogen-bond donors (Lipinski definition) is 2. The quantitative estimate of drug-likeness (QED) is 0.267. The lowest BCUT2D eigenvalue weighted by Crippen LogP contribution is -2.49. The number of nitrogens with zero attached hydrogens (tertiary/aromatic N) is 1. The van der Waals surface area contributed by atoms with E-state index in [1.165, 1.54) is 37.7 Å². The van der Waals surface area contributed by atoms with E-state index in [9.17, 15) is 9.59 Å². The van der Waals surface area contributed by atoms with Crippen LogP contribution in [0.3, 0.4) is 0 Å². The SMILES string of the molecule is CCC(CN1CC[C@@H](CNC(=O)c2ccc3cc(Cl)ccc3c2)N[C@@H](CCC2CCCCC2)C1=O)c1ccccc1. The molecular weight excluding hydrogens is 530 g/mol. The summed E-state index contributed by atoms with van der Waals surface area (Å²) in [7, 11) is 0. The number of rotatable bonds is 10. The Hall–Kier alpha value is -2.89. The number of fused-ring (bicyclic) bond motifs is 1. The predicted octanol–water partition coefficient (Wildman–Crippen LogP) is 7.34. The lowest BCUT2D eigenvalue weighted by molar-refractivity contribution is -0.133. The first-order valence-corrected chi connectivity index (χ1v) is 15.9.